The smallest absolute Gasteiger partial charge is 0.133 e. The van der Waals surface area contributed by atoms with E-state index in [0.29, 0.717) is 11.2 Å². The van der Waals surface area contributed by atoms with E-state index in [1.807, 2.05) is 6.07 Å². The Bertz CT molecular complexity index is 336. The van der Waals surface area contributed by atoms with Crippen LogP contribution in [0.3, 0.4) is 0 Å². The van der Waals surface area contributed by atoms with Gasteiger partial charge in [-0.15, -0.1) is 0 Å². The number of pyridine rings is 1. The Morgan fingerprint density at radius 2 is 2.38 bits per heavy atom. The van der Waals surface area contributed by atoms with Gasteiger partial charge in [-0.25, -0.2) is 4.98 Å². The van der Waals surface area contributed by atoms with Crippen LogP contribution in [0.2, 0.25) is 5.15 Å². The van der Waals surface area contributed by atoms with Crippen molar-refractivity contribution in [3.63, 3.8) is 0 Å². The van der Waals surface area contributed by atoms with Gasteiger partial charge in [0.05, 0.1) is 0 Å². The molecule has 3 nitrogen and oxygen atoms in total. The molecule has 0 bridgehead atoms. The van der Waals surface area contributed by atoms with Crippen LogP contribution in [0.25, 0.3) is 0 Å². The van der Waals surface area contributed by atoms with E-state index in [1.165, 1.54) is 0 Å². The Kier molecular flexibility index (Phi) is 6.28. The molecule has 1 aromatic rings. The maximum atomic E-state index is 5.99. The van der Waals surface area contributed by atoms with Crippen LogP contribution in [0.4, 0.5) is 0 Å². The normalized spacial score (nSPS) is 12.8. The molecule has 0 spiro atoms. The van der Waals surface area contributed by atoms with Gasteiger partial charge >= 0.3 is 0 Å². The zero-order valence-corrected chi connectivity index (χ0v) is 11.8. The van der Waals surface area contributed by atoms with Crippen molar-refractivity contribution in [1.29, 1.82) is 0 Å². The van der Waals surface area contributed by atoms with Gasteiger partial charge in [-0.2, -0.15) is 0 Å². The SMILES string of the molecule is COCCC(C)NCc1cc(Br)cnc1Cl. The quantitative estimate of drug-likeness (QED) is 0.820. The molecule has 0 aliphatic rings. The molecule has 0 aliphatic carbocycles. The van der Waals surface area contributed by atoms with Crippen LogP contribution in [-0.2, 0) is 11.3 Å². The molecular weight excluding hydrogens is 291 g/mol. The lowest BCUT2D eigenvalue weighted by Crippen LogP contribution is -2.26. The fourth-order valence-corrected chi connectivity index (χ4v) is 1.82. The lowest BCUT2D eigenvalue weighted by atomic mass is 10.2. The number of hydrogen-bond acceptors (Lipinski definition) is 3. The van der Waals surface area contributed by atoms with Crippen LogP contribution in [0.15, 0.2) is 16.7 Å². The molecule has 1 atom stereocenters. The summed E-state index contributed by atoms with van der Waals surface area (Å²) in [7, 11) is 1.71. The molecule has 1 aromatic heterocycles. The molecule has 0 amide bonds. The van der Waals surface area contributed by atoms with Crippen molar-refractivity contribution in [2.45, 2.75) is 25.9 Å². The fraction of sp³-hybridized carbons (Fsp3) is 0.545. The van der Waals surface area contributed by atoms with Gasteiger partial charge in [0.2, 0.25) is 0 Å². The second kappa shape index (κ2) is 7.22. The third-order valence-corrected chi connectivity index (χ3v) is 3.05. The molecule has 90 valence electrons. The monoisotopic (exact) mass is 306 g/mol. The first-order chi connectivity index (χ1) is 7.63. The predicted octanol–water partition coefficient (Wildman–Crippen LogP) is 3.01. The van der Waals surface area contributed by atoms with Crippen LogP contribution in [0.1, 0.15) is 18.9 Å². The summed E-state index contributed by atoms with van der Waals surface area (Å²) in [6.07, 6.45) is 2.68. The zero-order chi connectivity index (χ0) is 12.0. The van der Waals surface area contributed by atoms with Crippen LogP contribution in [0, 0.1) is 0 Å². The average Bonchev–Trinajstić information content (AvgIpc) is 2.27. The van der Waals surface area contributed by atoms with Crippen molar-refractivity contribution in [2.75, 3.05) is 13.7 Å². The first kappa shape index (κ1) is 13.9. The lowest BCUT2D eigenvalue weighted by molar-refractivity contribution is 0.184. The number of aromatic nitrogens is 1. The highest BCUT2D eigenvalue weighted by atomic mass is 79.9. The summed E-state index contributed by atoms with van der Waals surface area (Å²) in [5.74, 6) is 0. The van der Waals surface area contributed by atoms with Gasteiger partial charge in [-0.05, 0) is 35.3 Å². The van der Waals surface area contributed by atoms with Gasteiger partial charge in [0.1, 0.15) is 5.15 Å². The Balaban J connectivity index is 2.44. The number of halogens is 2. The lowest BCUT2D eigenvalue weighted by Gasteiger charge is -2.13. The summed E-state index contributed by atoms with van der Waals surface area (Å²) >= 11 is 9.36. The van der Waals surface area contributed by atoms with Crippen LogP contribution >= 0.6 is 27.5 Å². The highest BCUT2D eigenvalue weighted by Crippen LogP contribution is 2.17. The Morgan fingerprint density at radius 1 is 1.62 bits per heavy atom. The van der Waals surface area contributed by atoms with E-state index in [0.717, 1.165) is 29.6 Å². The first-order valence-corrected chi connectivity index (χ1v) is 6.33. The minimum atomic E-state index is 0.398. The van der Waals surface area contributed by atoms with E-state index in [-0.39, 0.29) is 0 Å². The maximum absolute atomic E-state index is 5.99. The molecule has 0 aromatic carbocycles. The van der Waals surface area contributed by atoms with E-state index in [4.69, 9.17) is 16.3 Å². The van der Waals surface area contributed by atoms with E-state index in [9.17, 15) is 0 Å². The van der Waals surface area contributed by atoms with Gasteiger partial charge < -0.3 is 10.1 Å². The molecule has 16 heavy (non-hydrogen) atoms. The van der Waals surface area contributed by atoms with Gasteiger partial charge in [0.15, 0.2) is 0 Å². The van der Waals surface area contributed by atoms with Crippen molar-refractivity contribution < 1.29 is 4.74 Å². The third kappa shape index (κ3) is 4.78. The van der Waals surface area contributed by atoms with E-state index < -0.39 is 0 Å². The highest BCUT2D eigenvalue weighted by Gasteiger charge is 2.05. The van der Waals surface area contributed by atoms with Gasteiger partial charge in [0.25, 0.3) is 0 Å². The Morgan fingerprint density at radius 3 is 3.06 bits per heavy atom. The standard InChI is InChI=1S/C11H16BrClN2O/c1-8(3-4-16-2)14-6-9-5-10(12)7-15-11(9)13/h5,7-8,14H,3-4,6H2,1-2H3. The predicted molar refractivity (Wildman–Crippen MR) is 69.7 cm³/mol. The number of rotatable bonds is 6. The molecular formula is C11H16BrClN2O. The minimum absolute atomic E-state index is 0.398. The maximum Gasteiger partial charge on any atom is 0.133 e. The number of methoxy groups -OCH3 is 1. The summed E-state index contributed by atoms with van der Waals surface area (Å²) in [6, 6.07) is 2.38. The molecule has 1 N–H and O–H groups in total. The number of nitrogens with zero attached hydrogens (tertiary/aromatic N) is 1. The fourth-order valence-electron chi connectivity index (χ4n) is 1.27. The van der Waals surface area contributed by atoms with Gasteiger partial charge in [0, 0.05) is 42.5 Å². The molecule has 1 heterocycles. The van der Waals surface area contributed by atoms with E-state index in [2.05, 4.69) is 33.2 Å². The zero-order valence-electron chi connectivity index (χ0n) is 9.46. The van der Waals surface area contributed by atoms with E-state index in [1.54, 1.807) is 13.3 Å². The molecule has 0 aliphatic heterocycles. The van der Waals surface area contributed by atoms with Crippen LogP contribution < -0.4 is 5.32 Å². The first-order valence-electron chi connectivity index (χ1n) is 5.15. The van der Waals surface area contributed by atoms with Crippen LogP contribution in [0.5, 0.6) is 0 Å². The number of hydrogen-bond donors (Lipinski definition) is 1. The minimum Gasteiger partial charge on any atom is -0.385 e. The van der Waals surface area contributed by atoms with Gasteiger partial charge in [-0.1, -0.05) is 11.6 Å². The largest absolute Gasteiger partial charge is 0.385 e. The van der Waals surface area contributed by atoms with Crippen molar-refractivity contribution in [2.24, 2.45) is 0 Å². The Labute approximate surface area is 110 Å². The van der Waals surface area contributed by atoms with Crippen molar-refractivity contribution in [3.05, 3.63) is 27.5 Å². The number of nitrogens with one attached hydrogen (secondary N) is 1. The van der Waals surface area contributed by atoms with E-state index >= 15 is 0 Å². The summed E-state index contributed by atoms with van der Waals surface area (Å²) in [6.45, 7) is 3.60. The summed E-state index contributed by atoms with van der Waals surface area (Å²) in [5.41, 5.74) is 1.00. The average molecular weight is 308 g/mol. The second-order valence-corrected chi connectivity index (χ2v) is 4.94. The number of ether oxygens (including phenoxy) is 1. The highest BCUT2D eigenvalue weighted by molar-refractivity contribution is 9.10. The molecule has 0 radical (unpaired) electrons. The molecule has 1 unspecified atom stereocenters. The second-order valence-electron chi connectivity index (χ2n) is 3.67. The Hall–Kier alpha value is -0.160. The summed E-state index contributed by atoms with van der Waals surface area (Å²) < 4.78 is 5.96. The van der Waals surface area contributed by atoms with Crippen molar-refractivity contribution in [1.82, 2.24) is 10.3 Å². The van der Waals surface area contributed by atoms with Crippen LogP contribution in [-0.4, -0.2) is 24.7 Å². The van der Waals surface area contributed by atoms with Crippen molar-refractivity contribution >= 4 is 27.5 Å². The van der Waals surface area contributed by atoms with Gasteiger partial charge in [-0.3, -0.25) is 0 Å². The molecule has 5 heteroatoms. The molecule has 1 rings (SSSR count). The molecule has 0 saturated carbocycles. The van der Waals surface area contributed by atoms with Crippen molar-refractivity contribution in [3.8, 4) is 0 Å². The molecule has 0 saturated heterocycles. The molecule has 0 fully saturated rings. The third-order valence-electron chi connectivity index (χ3n) is 2.27. The summed E-state index contributed by atoms with van der Waals surface area (Å²) in [4.78, 5) is 4.07. The topological polar surface area (TPSA) is 34.1 Å². The summed E-state index contributed by atoms with van der Waals surface area (Å²) in [5, 5.41) is 3.93.